The van der Waals surface area contributed by atoms with E-state index in [0.29, 0.717) is 25.3 Å². The van der Waals surface area contributed by atoms with E-state index >= 15 is 0 Å². The van der Waals surface area contributed by atoms with Crippen molar-refractivity contribution in [3.63, 3.8) is 0 Å². The number of nitrogens with zero attached hydrogens (tertiary/aromatic N) is 3. The van der Waals surface area contributed by atoms with Crippen LogP contribution in [0.5, 0.6) is 0 Å². The Morgan fingerprint density at radius 2 is 2.07 bits per heavy atom. The van der Waals surface area contributed by atoms with Crippen molar-refractivity contribution in [3.8, 4) is 0 Å². The predicted molar refractivity (Wildman–Crippen MR) is 101 cm³/mol. The van der Waals surface area contributed by atoms with Crippen molar-refractivity contribution in [2.24, 2.45) is 0 Å². The van der Waals surface area contributed by atoms with Crippen molar-refractivity contribution in [2.45, 2.75) is 31.6 Å². The van der Waals surface area contributed by atoms with Gasteiger partial charge < -0.3 is 9.64 Å². The summed E-state index contributed by atoms with van der Waals surface area (Å²) in [4.78, 5) is 20.8. The van der Waals surface area contributed by atoms with Crippen LogP contribution >= 0.6 is 0 Å². The average molecular weight is 371 g/mol. The van der Waals surface area contributed by atoms with Crippen molar-refractivity contribution in [1.29, 1.82) is 0 Å². The Morgan fingerprint density at radius 1 is 1.30 bits per heavy atom. The molecule has 0 radical (unpaired) electrons. The van der Waals surface area contributed by atoms with Gasteiger partial charge in [-0.25, -0.2) is 4.39 Å². The lowest BCUT2D eigenvalue weighted by atomic mass is 10.0. The molecule has 0 unspecified atom stereocenters. The third-order valence-electron chi connectivity index (χ3n) is 4.88. The number of carbonyl (C=O) groups excluding carboxylic acids is 1. The maximum Gasteiger partial charge on any atom is 0.244 e. The van der Waals surface area contributed by atoms with Crippen LogP contribution in [0.1, 0.15) is 30.0 Å². The first kappa shape index (κ1) is 19.5. The lowest BCUT2D eigenvalue weighted by Gasteiger charge is -2.36. The highest BCUT2D eigenvalue weighted by Crippen LogP contribution is 2.24. The van der Waals surface area contributed by atoms with Gasteiger partial charge in [0.05, 0.1) is 12.7 Å². The van der Waals surface area contributed by atoms with E-state index < -0.39 is 6.04 Å². The highest BCUT2D eigenvalue weighted by atomic mass is 19.1. The van der Waals surface area contributed by atoms with E-state index in [1.807, 2.05) is 36.0 Å². The van der Waals surface area contributed by atoms with Crippen LogP contribution in [0.3, 0.4) is 0 Å². The van der Waals surface area contributed by atoms with E-state index in [-0.39, 0.29) is 17.8 Å². The van der Waals surface area contributed by atoms with Gasteiger partial charge in [0, 0.05) is 25.5 Å². The highest BCUT2D eigenvalue weighted by Gasteiger charge is 2.31. The Kier molecular flexibility index (Phi) is 6.53. The molecule has 1 aromatic carbocycles. The van der Waals surface area contributed by atoms with Crippen molar-refractivity contribution in [2.75, 3.05) is 27.2 Å². The van der Waals surface area contributed by atoms with Gasteiger partial charge in [0.15, 0.2) is 0 Å². The number of ether oxygens (including phenoxy) is 1. The number of likely N-dealkylation sites (tertiary alicyclic amines) is 1. The minimum Gasteiger partial charge on any atom is -0.373 e. The van der Waals surface area contributed by atoms with E-state index in [1.165, 1.54) is 12.1 Å². The molecule has 2 aromatic rings. The zero-order valence-electron chi connectivity index (χ0n) is 15.8. The summed E-state index contributed by atoms with van der Waals surface area (Å²) >= 11 is 0. The smallest absolute Gasteiger partial charge is 0.244 e. The van der Waals surface area contributed by atoms with Crippen molar-refractivity contribution in [1.82, 2.24) is 14.8 Å². The average Bonchev–Trinajstić information content (AvgIpc) is 2.67. The minimum absolute atomic E-state index is 0.0105. The summed E-state index contributed by atoms with van der Waals surface area (Å²) in [5, 5.41) is 0. The molecule has 0 aliphatic carbocycles. The number of halogens is 1. The molecular weight excluding hydrogens is 345 g/mol. The molecule has 5 nitrogen and oxygen atoms in total. The number of rotatable bonds is 6. The second kappa shape index (κ2) is 9.06. The first-order valence-corrected chi connectivity index (χ1v) is 9.26. The molecule has 0 N–H and O–H groups in total. The largest absolute Gasteiger partial charge is 0.373 e. The molecule has 1 fully saturated rings. The fourth-order valence-corrected chi connectivity index (χ4v) is 3.45. The summed E-state index contributed by atoms with van der Waals surface area (Å²) in [6.07, 6.45) is 5.29. The summed E-state index contributed by atoms with van der Waals surface area (Å²) in [5.74, 6) is -0.314. The van der Waals surface area contributed by atoms with Gasteiger partial charge >= 0.3 is 0 Å². The molecule has 0 bridgehead atoms. The second-order valence-electron chi connectivity index (χ2n) is 7.12. The second-order valence-corrected chi connectivity index (χ2v) is 7.12. The summed E-state index contributed by atoms with van der Waals surface area (Å²) in [6.45, 7) is 1.84. The van der Waals surface area contributed by atoms with E-state index in [2.05, 4.69) is 4.98 Å². The van der Waals surface area contributed by atoms with Crippen LogP contribution in [-0.4, -0.2) is 54.0 Å². The zero-order valence-corrected chi connectivity index (χ0v) is 15.8. The van der Waals surface area contributed by atoms with Crippen molar-refractivity contribution >= 4 is 5.91 Å². The van der Waals surface area contributed by atoms with E-state index in [1.54, 1.807) is 24.5 Å². The minimum atomic E-state index is -0.478. The van der Waals surface area contributed by atoms with Gasteiger partial charge in [-0.15, -0.1) is 0 Å². The van der Waals surface area contributed by atoms with E-state index in [0.717, 1.165) is 18.4 Å². The summed E-state index contributed by atoms with van der Waals surface area (Å²) in [6, 6.07) is 9.69. The number of hydrogen-bond acceptors (Lipinski definition) is 4. The number of piperidine rings is 1. The van der Waals surface area contributed by atoms with Crippen LogP contribution in [0, 0.1) is 5.82 Å². The number of aromatic nitrogens is 1. The van der Waals surface area contributed by atoms with Gasteiger partial charge in [-0.05, 0) is 56.3 Å². The normalized spacial score (nSPS) is 16.5. The molecule has 0 spiro atoms. The molecule has 1 amide bonds. The summed E-state index contributed by atoms with van der Waals surface area (Å²) < 4.78 is 19.6. The molecule has 1 saturated heterocycles. The number of amides is 1. The number of pyridine rings is 1. The van der Waals surface area contributed by atoms with Gasteiger partial charge in [-0.1, -0.05) is 18.2 Å². The lowest BCUT2D eigenvalue weighted by molar-refractivity contribution is -0.139. The Balaban J connectivity index is 1.56. The first-order chi connectivity index (χ1) is 13.0. The molecule has 6 heteroatoms. The molecule has 144 valence electrons. The number of carbonyl (C=O) groups is 1. The zero-order chi connectivity index (χ0) is 19.2. The van der Waals surface area contributed by atoms with Gasteiger partial charge in [0.1, 0.15) is 11.9 Å². The fraction of sp³-hybridized carbons (Fsp3) is 0.429. The standard InChI is InChI=1S/C21H26FN3O2/c1-24(2)20(17-6-3-7-18(22)13-17)21(26)25-11-8-19(9-12-25)27-15-16-5-4-10-23-14-16/h3-7,10,13-14,19-20H,8-9,11-12,15H2,1-2H3/t20-/m0/s1. The fourth-order valence-electron chi connectivity index (χ4n) is 3.45. The molecule has 1 aliphatic rings. The first-order valence-electron chi connectivity index (χ1n) is 9.26. The molecule has 0 saturated carbocycles. The van der Waals surface area contributed by atoms with Crippen molar-refractivity contribution in [3.05, 3.63) is 65.7 Å². The Bertz CT molecular complexity index is 746. The molecule has 1 aromatic heterocycles. The van der Waals surface area contributed by atoms with Crippen LogP contribution < -0.4 is 0 Å². The van der Waals surface area contributed by atoms with Gasteiger partial charge in [0.25, 0.3) is 0 Å². The number of likely N-dealkylation sites (N-methyl/N-ethyl adjacent to an activating group) is 1. The highest BCUT2D eigenvalue weighted by molar-refractivity contribution is 5.83. The monoisotopic (exact) mass is 371 g/mol. The maximum absolute atomic E-state index is 13.6. The van der Waals surface area contributed by atoms with E-state index in [9.17, 15) is 9.18 Å². The lowest BCUT2D eigenvalue weighted by Crippen LogP contribution is -2.45. The molecule has 3 rings (SSSR count). The van der Waals surface area contributed by atoms with Gasteiger partial charge in [0.2, 0.25) is 5.91 Å². The summed E-state index contributed by atoms with van der Waals surface area (Å²) in [5.41, 5.74) is 1.73. The van der Waals surface area contributed by atoms with Crippen LogP contribution in [0.4, 0.5) is 4.39 Å². The quantitative estimate of drug-likeness (QED) is 0.783. The van der Waals surface area contributed by atoms with E-state index in [4.69, 9.17) is 4.74 Å². The maximum atomic E-state index is 13.6. The predicted octanol–water partition coefficient (Wildman–Crippen LogP) is 3.03. The molecule has 1 aliphatic heterocycles. The molecule has 1 atom stereocenters. The third kappa shape index (κ3) is 5.11. The van der Waals surface area contributed by atoms with Crippen LogP contribution in [0.15, 0.2) is 48.8 Å². The number of benzene rings is 1. The molecule has 27 heavy (non-hydrogen) atoms. The Hall–Kier alpha value is -2.31. The topological polar surface area (TPSA) is 45.7 Å². The Labute approximate surface area is 159 Å². The SMILES string of the molecule is CN(C)[C@H](C(=O)N1CCC(OCc2cccnc2)CC1)c1cccc(F)c1. The Morgan fingerprint density at radius 3 is 2.70 bits per heavy atom. The number of hydrogen-bond donors (Lipinski definition) is 0. The van der Waals surface area contributed by atoms with Gasteiger partial charge in [-0.3, -0.25) is 14.7 Å². The molecule has 2 heterocycles. The van der Waals surface area contributed by atoms with Gasteiger partial charge in [-0.2, -0.15) is 0 Å². The van der Waals surface area contributed by atoms with Crippen LogP contribution in [-0.2, 0) is 16.1 Å². The summed E-state index contributed by atoms with van der Waals surface area (Å²) in [7, 11) is 3.69. The van der Waals surface area contributed by atoms with Crippen LogP contribution in [0.25, 0.3) is 0 Å². The van der Waals surface area contributed by atoms with Crippen LogP contribution in [0.2, 0.25) is 0 Å². The van der Waals surface area contributed by atoms with Crippen molar-refractivity contribution < 1.29 is 13.9 Å². The molecular formula is C21H26FN3O2. The third-order valence-corrected chi connectivity index (χ3v) is 4.88.